The third-order valence-electron chi connectivity index (χ3n) is 4.37. The van der Waals surface area contributed by atoms with Gasteiger partial charge in [0.15, 0.2) is 5.11 Å². The monoisotopic (exact) mass is 533 g/mol. The lowest BCUT2D eigenvalue weighted by Crippen LogP contribution is -2.54. The van der Waals surface area contributed by atoms with Crippen LogP contribution >= 0.6 is 46.4 Å². The standard InChI is InChI=1S/C21H13ClIN3O2S/c22-17-5-1-2-6-18(17)26-20(28)16(19(27)24-21(26)29)12-15-4-3-11-25(15)14-9-7-13(23)8-10-14/h1-12H,(H,24,27,29)/b16-12+. The van der Waals surface area contributed by atoms with Gasteiger partial charge in [0.1, 0.15) is 5.57 Å². The number of carbonyl (C=O) groups excluding carboxylic acids is 2. The second-order valence-corrected chi connectivity index (χ2v) is 8.23. The molecular weight excluding hydrogens is 521 g/mol. The number of hydrogen-bond donors (Lipinski definition) is 1. The Labute approximate surface area is 191 Å². The van der Waals surface area contributed by atoms with Gasteiger partial charge in [0.25, 0.3) is 11.8 Å². The first-order chi connectivity index (χ1) is 14.0. The summed E-state index contributed by atoms with van der Waals surface area (Å²) in [7, 11) is 0. The second-order valence-electron chi connectivity index (χ2n) is 6.19. The molecule has 4 rings (SSSR count). The van der Waals surface area contributed by atoms with E-state index in [1.807, 2.05) is 47.2 Å². The van der Waals surface area contributed by atoms with E-state index in [1.54, 1.807) is 30.3 Å². The molecular formula is C21H13ClIN3O2S. The van der Waals surface area contributed by atoms with Crippen LogP contribution in [0.1, 0.15) is 5.69 Å². The van der Waals surface area contributed by atoms with E-state index in [9.17, 15) is 9.59 Å². The Morgan fingerprint density at radius 3 is 2.45 bits per heavy atom. The molecule has 0 atom stereocenters. The number of anilines is 1. The minimum Gasteiger partial charge on any atom is -0.317 e. The van der Waals surface area contributed by atoms with Crippen LogP contribution in [0.25, 0.3) is 11.8 Å². The largest absolute Gasteiger partial charge is 0.317 e. The van der Waals surface area contributed by atoms with E-state index in [1.165, 1.54) is 4.90 Å². The van der Waals surface area contributed by atoms with E-state index < -0.39 is 11.8 Å². The number of para-hydroxylation sites is 1. The van der Waals surface area contributed by atoms with E-state index in [2.05, 4.69) is 27.9 Å². The molecule has 1 aliphatic heterocycles. The lowest BCUT2D eigenvalue weighted by atomic mass is 10.1. The molecule has 29 heavy (non-hydrogen) atoms. The molecule has 1 aliphatic rings. The Hall–Kier alpha value is -2.49. The van der Waals surface area contributed by atoms with E-state index in [-0.39, 0.29) is 10.7 Å². The molecule has 144 valence electrons. The summed E-state index contributed by atoms with van der Waals surface area (Å²) in [5.74, 6) is -1.07. The zero-order valence-electron chi connectivity index (χ0n) is 14.8. The van der Waals surface area contributed by atoms with Crippen LogP contribution in [0.4, 0.5) is 5.69 Å². The van der Waals surface area contributed by atoms with E-state index >= 15 is 0 Å². The summed E-state index contributed by atoms with van der Waals surface area (Å²) in [6.07, 6.45) is 3.43. The summed E-state index contributed by atoms with van der Waals surface area (Å²) in [6, 6.07) is 18.4. The molecule has 0 aliphatic carbocycles. The fraction of sp³-hybridized carbons (Fsp3) is 0. The average Bonchev–Trinajstić information content (AvgIpc) is 3.15. The third-order valence-corrected chi connectivity index (χ3v) is 5.70. The van der Waals surface area contributed by atoms with Crippen molar-refractivity contribution >= 4 is 75.1 Å². The molecule has 0 bridgehead atoms. The van der Waals surface area contributed by atoms with Gasteiger partial charge in [-0.25, -0.2) is 0 Å². The van der Waals surface area contributed by atoms with Crippen molar-refractivity contribution in [2.24, 2.45) is 0 Å². The lowest BCUT2D eigenvalue weighted by molar-refractivity contribution is -0.122. The van der Waals surface area contributed by atoms with Gasteiger partial charge in [-0.15, -0.1) is 0 Å². The summed E-state index contributed by atoms with van der Waals surface area (Å²) in [5.41, 5.74) is 2.01. The van der Waals surface area contributed by atoms with Gasteiger partial charge in [0, 0.05) is 21.1 Å². The Balaban J connectivity index is 1.76. The van der Waals surface area contributed by atoms with Gasteiger partial charge in [-0.2, -0.15) is 0 Å². The highest BCUT2D eigenvalue weighted by molar-refractivity contribution is 14.1. The van der Waals surface area contributed by atoms with Gasteiger partial charge in [0.05, 0.1) is 10.7 Å². The minimum atomic E-state index is -0.543. The molecule has 1 N–H and O–H groups in total. The van der Waals surface area contributed by atoms with Crippen LogP contribution in [0, 0.1) is 3.57 Å². The van der Waals surface area contributed by atoms with Gasteiger partial charge < -0.3 is 4.57 Å². The van der Waals surface area contributed by atoms with E-state index in [0.29, 0.717) is 16.4 Å². The summed E-state index contributed by atoms with van der Waals surface area (Å²) < 4.78 is 3.01. The molecule has 5 nitrogen and oxygen atoms in total. The Bertz CT molecular complexity index is 1170. The number of halogens is 2. The smallest absolute Gasteiger partial charge is 0.270 e. The van der Waals surface area contributed by atoms with Crippen LogP contribution in [0.3, 0.4) is 0 Å². The lowest BCUT2D eigenvalue weighted by Gasteiger charge is -2.29. The summed E-state index contributed by atoms with van der Waals surface area (Å²) >= 11 is 13.7. The van der Waals surface area contributed by atoms with Crippen molar-refractivity contribution in [3.05, 3.63) is 86.7 Å². The number of aromatic nitrogens is 1. The third kappa shape index (κ3) is 3.85. The van der Waals surface area contributed by atoms with Crippen LogP contribution in [-0.4, -0.2) is 21.5 Å². The number of rotatable bonds is 3. The first-order valence-corrected chi connectivity index (χ1v) is 10.4. The highest BCUT2D eigenvalue weighted by Crippen LogP contribution is 2.29. The topological polar surface area (TPSA) is 54.3 Å². The van der Waals surface area contributed by atoms with Crippen molar-refractivity contribution in [2.75, 3.05) is 4.90 Å². The van der Waals surface area contributed by atoms with Crippen LogP contribution in [0.2, 0.25) is 5.02 Å². The number of carbonyl (C=O) groups is 2. The highest BCUT2D eigenvalue weighted by Gasteiger charge is 2.35. The van der Waals surface area contributed by atoms with Crippen molar-refractivity contribution in [1.29, 1.82) is 0 Å². The first-order valence-electron chi connectivity index (χ1n) is 8.55. The predicted molar refractivity (Wildman–Crippen MR) is 126 cm³/mol. The molecule has 0 saturated carbocycles. The molecule has 2 heterocycles. The van der Waals surface area contributed by atoms with Crippen LogP contribution < -0.4 is 10.2 Å². The molecule has 0 radical (unpaired) electrons. The number of hydrogen-bond acceptors (Lipinski definition) is 3. The van der Waals surface area contributed by atoms with Crippen LogP contribution in [0.5, 0.6) is 0 Å². The van der Waals surface area contributed by atoms with E-state index in [0.717, 1.165) is 9.26 Å². The molecule has 8 heteroatoms. The number of nitrogens with one attached hydrogen (secondary N) is 1. The fourth-order valence-electron chi connectivity index (χ4n) is 3.01. The van der Waals surface area contributed by atoms with Gasteiger partial charge >= 0.3 is 0 Å². The maximum atomic E-state index is 13.2. The molecule has 0 spiro atoms. The quantitative estimate of drug-likeness (QED) is 0.232. The molecule has 3 aromatic rings. The normalized spacial score (nSPS) is 15.7. The van der Waals surface area contributed by atoms with Gasteiger partial charge in [-0.1, -0.05) is 23.7 Å². The van der Waals surface area contributed by atoms with Crippen molar-refractivity contribution in [2.45, 2.75) is 0 Å². The van der Waals surface area contributed by atoms with Crippen molar-refractivity contribution in [3.63, 3.8) is 0 Å². The molecule has 2 aromatic carbocycles. The summed E-state index contributed by atoms with van der Waals surface area (Å²) in [6.45, 7) is 0. The molecule has 0 unspecified atom stereocenters. The second kappa shape index (κ2) is 8.10. The Morgan fingerprint density at radius 1 is 1.00 bits per heavy atom. The predicted octanol–water partition coefficient (Wildman–Crippen LogP) is 4.57. The number of thiocarbonyl (C=S) groups is 1. The average molecular weight is 534 g/mol. The van der Waals surface area contributed by atoms with Gasteiger partial charge in [0.2, 0.25) is 0 Å². The van der Waals surface area contributed by atoms with Crippen molar-refractivity contribution in [1.82, 2.24) is 9.88 Å². The zero-order chi connectivity index (χ0) is 20.5. The zero-order valence-corrected chi connectivity index (χ0v) is 18.5. The fourth-order valence-corrected chi connectivity index (χ4v) is 3.86. The van der Waals surface area contributed by atoms with Crippen LogP contribution in [-0.2, 0) is 9.59 Å². The highest BCUT2D eigenvalue weighted by atomic mass is 127. The molecule has 2 amide bonds. The van der Waals surface area contributed by atoms with Gasteiger partial charge in [-0.3, -0.25) is 19.8 Å². The first kappa shape index (κ1) is 19.8. The molecule has 1 fully saturated rings. The Kier molecular flexibility index (Phi) is 5.53. The number of benzene rings is 2. The van der Waals surface area contributed by atoms with Crippen molar-refractivity contribution < 1.29 is 9.59 Å². The number of nitrogens with zero attached hydrogens (tertiary/aromatic N) is 2. The molecule has 1 saturated heterocycles. The summed E-state index contributed by atoms with van der Waals surface area (Å²) in [4.78, 5) is 26.9. The maximum absolute atomic E-state index is 13.2. The van der Waals surface area contributed by atoms with Crippen LogP contribution in [0.15, 0.2) is 72.4 Å². The minimum absolute atomic E-state index is 0.00160. The van der Waals surface area contributed by atoms with Gasteiger partial charge in [-0.05, 0) is 89.4 Å². The van der Waals surface area contributed by atoms with Crippen molar-refractivity contribution in [3.8, 4) is 5.69 Å². The Morgan fingerprint density at radius 2 is 1.72 bits per heavy atom. The number of amides is 2. The molecule has 1 aromatic heterocycles. The SMILES string of the molecule is O=C1NC(=S)N(c2ccccc2Cl)C(=O)/C1=C/c1cccn1-c1ccc(I)cc1. The maximum Gasteiger partial charge on any atom is 0.270 e. The van der Waals surface area contributed by atoms with E-state index in [4.69, 9.17) is 23.8 Å². The summed E-state index contributed by atoms with van der Waals surface area (Å²) in [5, 5.41) is 2.94.